The Morgan fingerprint density at radius 2 is 2.00 bits per heavy atom. The van der Waals surface area contributed by atoms with Crippen LogP contribution in [0.25, 0.3) is 0 Å². The zero-order valence-electron chi connectivity index (χ0n) is 9.67. The lowest BCUT2D eigenvalue weighted by Gasteiger charge is -2.26. The topological polar surface area (TPSA) is 38.9 Å². The molecule has 0 amide bonds. The highest BCUT2D eigenvalue weighted by atomic mass is 35.5. The van der Waals surface area contributed by atoms with Crippen molar-refractivity contribution in [1.29, 1.82) is 0 Å². The lowest BCUT2D eigenvalue weighted by atomic mass is 9.84. The van der Waals surface area contributed by atoms with Crippen molar-refractivity contribution >= 4 is 11.6 Å². The van der Waals surface area contributed by atoms with Gasteiger partial charge in [-0.05, 0) is 31.4 Å². The van der Waals surface area contributed by atoms with Gasteiger partial charge < -0.3 is 5.73 Å². The van der Waals surface area contributed by atoms with E-state index in [9.17, 15) is 13.2 Å². The molecule has 18 heavy (non-hydrogen) atoms. The van der Waals surface area contributed by atoms with Gasteiger partial charge in [-0.1, -0.05) is 18.0 Å². The minimum absolute atomic E-state index is 0.00659. The number of nitrogens with zero attached hydrogens (tertiary/aromatic N) is 1. The molecule has 2 rings (SSSR count). The van der Waals surface area contributed by atoms with Gasteiger partial charge in [0.1, 0.15) is 0 Å². The molecule has 1 aromatic heterocycles. The van der Waals surface area contributed by atoms with E-state index < -0.39 is 11.9 Å². The SMILES string of the molecule is NC1CCCC(c2ccc(Cl)c(C(F)(F)F)n2)C1. The van der Waals surface area contributed by atoms with E-state index in [1.54, 1.807) is 6.07 Å². The summed E-state index contributed by atoms with van der Waals surface area (Å²) in [5.74, 6) is 0.00659. The van der Waals surface area contributed by atoms with Gasteiger partial charge in [0, 0.05) is 17.7 Å². The Balaban J connectivity index is 2.29. The smallest absolute Gasteiger partial charge is 0.328 e. The molecule has 2 unspecified atom stereocenters. The van der Waals surface area contributed by atoms with Crippen LogP contribution in [0.3, 0.4) is 0 Å². The standard InChI is InChI=1S/C12H14ClF3N2/c13-9-4-5-10(18-11(9)12(14,15)16)7-2-1-3-8(17)6-7/h4-5,7-8H,1-3,6,17H2. The summed E-state index contributed by atoms with van der Waals surface area (Å²) in [6, 6.07) is 2.89. The first-order valence-electron chi connectivity index (χ1n) is 5.87. The number of hydrogen-bond acceptors (Lipinski definition) is 2. The number of aromatic nitrogens is 1. The van der Waals surface area contributed by atoms with E-state index in [4.69, 9.17) is 17.3 Å². The Kier molecular flexibility index (Phi) is 3.82. The van der Waals surface area contributed by atoms with Crippen molar-refractivity contribution in [2.45, 2.75) is 43.8 Å². The van der Waals surface area contributed by atoms with Gasteiger partial charge in [0.05, 0.1) is 5.02 Å². The maximum Gasteiger partial charge on any atom is 0.434 e. The maximum atomic E-state index is 12.7. The fourth-order valence-electron chi connectivity index (χ4n) is 2.38. The average molecular weight is 279 g/mol. The van der Waals surface area contributed by atoms with Crippen LogP contribution in [-0.2, 0) is 6.18 Å². The van der Waals surface area contributed by atoms with Gasteiger partial charge in [-0.25, -0.2) is 4.98 Å². The summed E-state index contributed by atoms with van der Waals surface area (Å²) in [6.07, 6.45) is -1.14. The monoisotopic (exact) mass is 278 g/mol. The van der Waals surface area contributed by atoms with Gasteiger partial charge >= 0.3 is 6.18 Å². The van der Waals surface area contributed by atoms with Crippen LogP contribution in [-0.4, -0.2) is 11.0 Å². The van der Waals surface area contributed by atoms with Crippen molar-refractivity contribution in [2.75, 3.05) is 0 Å². The van der Waals surface area contributed by atoms with Crippen molar-refractivity contribution in [1.82, 2.24) is 4.98 Å². The Morgan fingerprint density at radius 3 is 2.61 bits per heavy atom. The third-order valence-corrected chi connectivity index (χ3v) is 3.57. The Hall–Kier alpha value is -0.810. The van der Waals surface area contributed by atoms with Gasteiger partial charge in [0.25, 0.3) is 0 Å². The molecule has 0 aliphatic heterocycles. The van der Waals surface area contributed by atoms with E-state index in [0.717, 1.165) is 19.3 Å². The highest BCUT2D eigenvalue weighted by molar-refractivity contribution is 6.31. The molecule has 1 saturated carbocycles. The number of pyridine rings is 1. The van der Waals surface area contributed by atoms with Gasteiger partial charge in [-0.2, -0.15) is 13.2 Å². The van der Waals surface area contributed by atoms with Crippen LogP contribution in [0, 0.1) is 0 Å². The molecular weight excluding hydrogens is 265 g/mol. The lowest BCUT2D eigenvalue weighted by Crippen LogP contribution is -2.27. The Labute approximate surface area is 108 Å². The Bertz CT molecular complexity index is 434. The number of halogens is 4. The van der Waals surface area contributed by atoms with Gasteiger partial charge in [0.15, 0.2) is 5.69 Å². The van der Waals surface area contributed by atoms with Crippen LogP contribution >= 0.6 is 11.6 Å². The van der Waals surface area contributed by atoms with E-state index in [1.165, 1.54) is 6.07 Å². The molecule has 2 atom stereocenters. The summed E-state index contributed by atoms with van der Waals surface area (Å²) in [4.78, 5) is 3.69. The molecule has 0 saturated heterocycles. The molecule has 0 radical (unpaired) electrons. The molecule has 100 valence electrons. The van der Waals surface area contributed by atoms with Crippen molar-refractivity contribution < 1.29 is 13.2 Å². The molecule has 2 nitrogen and oxygen atoms in total. The number of hydrogen-bond donors (Lipinski definition) is 1. The van der Waals surface area contributed by atoms with Gasteiger partial charge in [-0.15, -0.1) is 0 Å². The van der Waals surface area contributed by atoms with E-state index in [2.05, 4.69) is 4.98 Å². The average Bonchev–Trinajstić information content (AvgIpc) is 2.28. The fourth-order valence-corrected chi connectivity index (χ4v) is 2.59. The zero-order chi connectivity index (χ0) is 13.3. The van der Waals surface area contributed by atoms with E-state index in [1.807, 2.05) is 0 Å². The summed E-state index contributed by atoms with van der Waals surface area (Å²) in [7, 11) is 0. The molecule has 6 heteroatoms. The summed E-state index contributed by atoms with van der Waals surface area (Å²) < 4.78 is 38.1. The zero-order valence-corrected chi connectivity index (χ0v) is 10.4. The van der Waals surface area contributed by atoms with Crippen LogP contribution in [0.15, 0.2) is 12.1 Å². The van der Waals surface area contributed by atoms with Crippen LogP contribution in [0.5, 0.6) is 0 Å². The van der Waals surface area contributed by atoms with Crippen LogP contribution in [0.1, 0.15) is 43.0 Å². The van der Waals surface area contributed by atoms with Crippen molar-refractivity contribution in [3.63, 3.8) is 0 Å². The molecule has 1 aliphatic rings. The lowest BCUT2D eigenvalue weighted by molar-refractivity contribution is -0.141. The van der Waals surface area contributed by atoms with Crippen molar-refractivity contribution in [2.24, 2.45) is 5.73 Å². The van der Waals surface area contributed by atoms with Crippen LogP contribution in [0.4, 0.5) is 13.2 Å². The fraction of sp³-hybridized carbons (Fsp3) is 0.583. The van der Waals surface area contributed by atoms with Crippen LogP contribution < -0.4 is 5.73 Å². The summed E-state index contributed by atoms with van der Waals surface area (Å²) >= 11 is 5.54. The summed E-state index contributed by atoms with van der Waals surface area (Å²) in [6.45, 7) is 0. The summed E-state index contributed by atoms with van der Waals surface area (Å²) in [5.41, 5.74) is 5.29. The predicted molar refractivity (Wildman–Crippen MR) is 63.4 cm³/mol. The molecule has 0 spiro atoms. The minimum Gasteiger partial charge on any atom is -0.328 e. The Morgan fingerprint density at radius 1 is 1.28 bits per heavy atom. The highest BCUT2D eigenvalue weighted by Crippen LogP contribution is 2.36. The van der Waals surface area contributed by atoms with Gasteiger partial charge in [0.2, 0.25) is 0 Å². The number of alkyl halides is 3. The van der Waals surface area contributed by atoms with Gasteiger partial charge in [-0.3, -0.25) is 0 Å². The first kappa shape index (κ1) is 13.6. The van der Waals surface area contributed by atoms with Crippen molar-refractivity contribution in [3.8, 4) is 0 Å². The molecule has 1 fully saturated rings. The second kappa shape index (κ2) is 5.05. The normalized spacial score (nSPS) is 25.2. The second-order valence-corrected chi connectivity index (χ2v) is 5.10. The molecule has 2 N–H and O–H groups in total. The molecule has 0 aromatic carbocycles. The maximum absolute atomic E-state index is 12.7. The largest absolute Gasteiger partial charge is 0.434 e. The van der Waals surface area contributed by atoms with E-state index in [-0.39, 0.29) is 17.0 Å². The molecule has 0 bridgehead atoms. The van der Waals surface area contributed by atoms with E-state index >= 15 is 0 Å². The second-order valence-electron chi connectivity index (χ2n) is 4.69. The van der Waals surface area contributed by atoms with Crippen LogP contribution in [0.2, 0.25) is 5.02 Å². The first-order chi connectivity index (χ1) is 8.38. The molecule has 1 aromatic rings. The first-order valence-corrected chi connectivity index (χ1v) is 6.25. The molecule has 1 aliphatic carbocycles. The third kappa shape index (κ3) is 2.95. The minimum atomic E-state index is -4.51. The predicted octanol–water partition coefficient (Wildman–Crippen LogP) is 3.74. The highest BCUT2D eigenvalue weighted by Gasteiger charge is 2.36. The molecule has 1 heterocycles. The number of rotatable bonds is 1. The quantitative estimate of drug-likeness (QED) is 0.850. The molecular formula is C12H14ClF3N2. The summed E-state index contributed by atoms with van der Waals surface area (Å²) in [5, 5.41) is -0.355. The third-order valence-electron chi connectivity index (χ3n) is 3.27. The number of nitrogens with two attached hydrogens (primary N) is 1. The van der Waals surface area contributed by atoms with E-state index in [0.29, 0.717) is 12.1 Å². The van der Waals surface area contributed by atoms with Crippen molar-refractivity contribution in [3.05, 3.63) is 28.5 Å².